The highest BCUT2D eigenvalue weighted by atomic mass is 16.7. The lowest BCUT2D eigenvalue weighted by atomic mass is 10.5. The van der Waals surface area contributed by atoms with Crippen LogP contribution in [0.4, 0.5) is 0 Å². The number of nitrogens with two attached hydrogens (primary N) is 1. The number of ether oxygens (including phenoxy) is 5. The van der Waals surface area contributed by atoms with Crippen molar-refractivity contribution in [3.63, 3.8) is 0 Å². The third kappa shape index (κ3) is 17.7. The van der Waals surface area contributed by atoms with Crippen molar-refractivity contribution in [1.29, 1.82) is 0 Å². The molecule has 0 saturated carbocycles. The Balaban J connectivity index is 2.88. The van der Waals surface area contributed by atoms with Crippen LogP contribution < -0.4 is 16.4 Å². The number of hydrogen-bond donors (Lipinski definition) is 3. The highest BCUT2D eigenvalue weighted by Crippen LogP contribution is 1.81. The Morgan fingerprint density at radius 2 is 1.42 bits per heavy atom. The summed E-state index contributed by atoms with van der Waals surface area (Å²) in [5, 5.41) is 5.91. The first-order valence-corrected chi connectivity index (χ1v) is 6.42. The fraction of sp³-hybridized carbons (Fsp3) is 1.00. The Kier molecular flexibility index (Phi) is 17.4. The first-order valence-electron chi connectivity index (χ1n) is 6.42. The third-order valence-electron chi connectivity index (χ3n) is 1.84. The lowest BCUT2D eigenvalue weighted by molar-refractivity contribution is -0.0758. The molecule has 19 heavy (non-hydrogen) atoms. The van der Waals surface area contributed by atoms with Gasteiger partial charge in [-0.3, -0.25) is 10.6 Å². The van der Waals surface area contributed by atoms with E-state index in [0.717, 1.165) is 13.0 Å². The fourth-order valence-corrected chi connectivity index (χ4v) is 0.997. The van der Waals surface area contributed by atoms with Gasteiger partial charge in [-0.2, -0.15) is 0 Å². The highest BCUT2D eigenvalue weighted by Gasteiger charge is 1.90. The molecule has 0 spiro atoms. The van der Waals surface area contributed by atoms with Gasteiger partial charge in [-0.25, -0.2) is 0 Å². The molecule has 0 aromatic heterocycles. The topological polar surface area (TPSA) is 96.2 Å². The molecule has 0 aliphatic rings. The molecule has 8 heteroatoms. The van der Waals surface area contributed by atoms with E-state index in [-0.39, 0.29) is 13.5 Å². The van der Waals surface area contributed by atoms with Crippen LogP contribution in [-0.2, 0) is 23.7 Å². The molecule has 0 radical (unpaired) electrons. The van der Waals surface area contributed by atoms with Crippen LogP contribution >= 0.6 is 0 Å². The smallest absolute Gasteiger partial charge is 0.150 e. The molecule has 0 amide bonds. The summed E-state index contributed by atoms with van der Waals surface area (Å²) in [7, 11) is 0. The van der Waals surface area contributed by atoms with Crippen molar-refractivity contribution < 1.29 is 23.7 Å². The van der Waals surface area contributed by atoms with E-state index in [4.69, 9.17) is 29.4 Å². The normalized spacial score (nSPS) is 11.1. The van der Waals surface area contributed by atoms with Gasteiger partial charge in [-0.15, -0.1) is 0 Å². The van der Waals surface area contributed by atoms with E-state index in [1.807, 2.05) is 0 Å². The molecular weight excluding hydrogens is 254 g/mol. The Bertz CT molecular complexity index is 149. The van der Waals surface area contributed by atoms with E-state index in [9.17, 15) is 0 Å². The SMILES string of the molecule is CCCOCOCCNCOCOCNCOCN. The Hall–Kier alpha value is -0.320. The van der Waals surface area contributed by atoms with Gasteiger partial charge in [-0.05, 0) is 6.42 Å². The van der Waals surface area contributed by atoms with E-state index >= 15 is 0 Å². The minimum absolute atomic E-state index is 0.193. The van der Waals surface area contributed by atoms with Crippen LogP contribution in [0, 0.1) is 0 Å². The molecule has 0 aliphatic heterocycles. The quantitative estimate of drug-likeness (QED) is 0.254. The molecule has 0 aliphatic carbocycles. The van der Waals surface area contributed by atoms with Crippen molar-refractivity contribution in [1.82, 2.24) is 10.6 Å². The fourth-order valence-electron chi connectivity index (χ4n) is 0.997. The van der Waals surface area contributed by atoms with Crippen molar-refractivity contribution >= 4 is 0 Å². The van der Waals surface area contributed by atoms with Crippen LogP contribution in [-0.4, -0.2) is 60.3 Å². The molecule has 0 rings (SSSR count). The van der Waals surface area contributed by atoms with Crippen LogP contribution in [0.2, 0.25) is 0 Å². The molecule has 116 valence electrons. The summed E-state index contributed by atoms with van der Waals surface area (Å²) in [5.41, 5.74) is 5.13. The van der Waals surface area contributed by atoms with E-state index in [2.05, 4.69) is 17.6 Å². The molecule has 0 bridgehead atoms. The molecule has 0 atom stereocenters. The standard InChI is InChI=1S/C11H27N3O5/c1-2-4-15-10-16-5-3-13-7-18-11-19-9-14-8-17-6-12/h13-14H,2-12H2,1H3. The summed E-state index contributed by atoms with van der Waals surface area (Å²) in [4.78, 5) is 0. The average Bonchev–Trinajstić information content (AvgIpc) is 2.43. The van der Waals surface area contributed by atoms with Gasteiger partial charge >= 0.3 is 0 Å². The molecule has 0 saturated heterocycles. The predicted molar refractivity (Wildman–Crippen MR) is 70.0 cm³/mol. The monoisotopic (exact) mass is 281 g/mol. The van der Waals surface area contributed by atoms with E-state index < -0.39 is 0 Å². The van der Waals surface area contributed by atoms with Gasteiger partial charge in [0.1, 0.15) is 20.3 Å². The van der Waals surface area contributed by atoms with E-state index in [1.165, 1.54) is 0 Å². The lowest BCUT2D eigenvalue weighted by Gasteiger charge is -2.08. The molecule has 0 fully saturated rings. The summed E-state index contributed by atoms with van der Waals surface area (Å²) in [5.74, 6) is 0. The molecule has 4 N–H and O–H groups in total. The van der Waals surface area contributed by atoms with Crippen LogP contribution in [0.3, 0.4) is 0 Å². The molecule has 0 aromatic rings. The van der Waals surface area contributed by atoms with Gasteiger partial charge in [0.05, 0.1) is 26.8 Å². The van der Waals surface area contributed by atoms with Crippen LogP contribution in [0.15, 0.2) is 0 Å². The van der Waals surface area contributed by atoms with Crippen molar-refractivity contribution in [2.45, 2.75) is 13.3 Å². The highest BCUT2D eigenvalue weighted by molar-refractivity contribution is 4.36. The van der Waals surface area contributed by atoms with Gasteiger partial charge in [0.25, 0.3) is 0 Å². The average molecular weight is 281 g/mol. The summed E-state index contributed by atoms with van der Waals surface area (Å²) in [6, 6.07) is 0. The van der Waals surface area contributed by atoms with Gasteiger partial charge in [0.2, 0.25) is 0 Å². The maximum absolute atomic E-state index is 5.21. The van der Waals surface area contributed by atoms with Gasteiger partial charge in [-0.1, -0.05) is 6.92 Å². The zero-order chi connectivity index (χ0) is 14.0. The summed E-state index contributed by atoms with van der Waals surface area (Å²) < 4.78 is 25.5. The van der Waals surface area contributed by atoms with Crippen molar-refractivity contribution in [2.75, 3.05) is 60.3 Å². The molecule has 0 aromatic carbocycles. The van der Waals surface area contributed by atoms with Gasteiger partial charge in [0, 0.05) is 13.2 Å². The van der Waals surface area contributed by atoms with Crippen LogP contribution in [0.1, 0.15) is 13.3 Å². The number of hydrogen-bond acceptors (Lipinski definition) is 8. The maximum atomic E-state index is 5.21. The minimum Gasteiger partial charge on any atom is -0.355 e. The number of rotatable bonds is 16. The van der Waals surface area contributed by atoms with E-state index in [1.54, 1.807) is 0 Å². The Morgan fingerprint density at radius 1 is 0.789 bits per heavy atom. The minimum atomic E-state index is 0.193. The molecule has 8 nitrogen and oxygen atoms in total. The third-order valence-corrected chi connectivity index (χ3v) is 1.84. The zero-order valence-electron chi connectivity index (χ0n) is 11.7. The van der Waals surface area contributed by atoms with Crippen molar-refractivity contribution in [2.24, 2.45) is 5.73 Å². The Labute approximate surface area is 114 Å². The second kappa shape index (κ2) is 17.7. The van der Waals surface area contributed by atoms with Gasteiger partial charge in [0.15, 0.2) is 0 Å². The maximum Gasteiger partial charge on any atom is 0.150 e. The molecule has 0 unspecified atom stereocenters. The zero-order valence-corrected chi connectivity index (χ0v) is 11.7. The van der Waals surface area contributed by atoms with Crippen LogP contribution in [0.5, 0.6) is 0 Å². The van der Waals surface area contributed by atoms with Gasteiger partial charge < -0.3 is 29.4 Å². The number of nitrogens with one attached hydrogen (secondary N) is 2. The predicted octanol–water partition coefficient (Wildman–Crippen LogP) is -0.638. The molecular formula is C11H27N3O5. The van der Waals surface area contributed by atoms with Crippen molar-refractivity contribution in [3.05, 3.63) is 0 Å². The lowest BCUT2D eigenvalue weighted by Crippen LogP contribution is -2.26. The first kappa shape index (κ1) is 18.7. The largest absolute Gasteiger partial charge is 0.355 e. The second-order valence-electron chi connectivity index (χ2n) is 3.51. The van der Waals surface area contributed by atoms with E-state index in [0.29, 0.717) is 40.1 Å². The summed E-state index contributed by atoms with van der Waals surface area (Å²) >= 11 is 0. The van der Waals surface area contributed by atoms with Crippen molar-refractivity contribution in [3.8, 4) is 0 Å². The summed E-state index contributed by atoms with van der Waals surface area (Å²) in [6.45, 7) is 5.98. The second-order valence-corrected chi connectivity index (χ2v) is 3.51. The van der Waals surface area contributed by atoms with Crippen LogP contribution in [0.25, 0.3) is 0 Å². The molecule has 0 heterocycles. The summed E-state index contributed by atoms with van der Waals surface area (Å²) in [6.07, 6.45) is 1.00. The Morgan fingerprint density at radius 3 is 2.16 bits per heavy atom. The first-order chi connectivity index (χ1) is 9.41.